The summed E-state index contributed by atoms with van der Waals surface area (Å²) in [5.74, 6) is 1.71. The number of rotatable bonds is 10. The van der Waals surface area contributed by atoms with E-state index < -0.39 is 6.04 Å². The Labute approximate surface area is 196 Å². The van der Waals surface area contributed by atoms with Crippen molar-refractivity contribution in [1.29, 1.82) is 0 Å². The molecule has 2 aromatic carbocycles. The molecule has 9 heteroatoms. The number of hydrogen-bond donors (Lipinski definition) is 1. The number of nitrogens with one attached hydrogen (secondary N) is 1. The molecule has 0 aliphatic heterocycles. The van der Waals surface area contributed by atoms with Crippen LogP contribution in [0, 0.1) is 0 Å². The van der Waals surface area contributed by atoms with Crippen LogP contribution in [0.3, 0.4) is 0 Å². The maximum atomic E-state index is 13.3. The Morgan fingerprint density at radius 1 is 1.16 bits per heavy atom. The van der Waals surface area contributed by atoms with Crippen molar-refractivity contribution in [2.75, 3.05) is 20.0 Å². The molecule has 0 aliphatic carbocycles. The van der Waals surface area contributed by atoms with E-state index >= 15 is 0 Å². The number of hydrogen-bond acceptors (Lipinski definition) is 6. The van der Waals surface area contributed by atoms with Crippen LogP contribution in [0.2, 0.25) is 0 Å². The lowest BCUT2D eigenvalue weighted by Crippen LogP contribution is -2.32. The van der Waals surface area contributed by atoms with Crippen LogP contribution in [0.1, 0.15) is 27.8 Å². The fraction of sp³-hybridized carbons (Fsp3) is 0.261. The zero-order chi connectivity index (χ0) is 23.1. The fourth-order valence-electron chi connectivity index (χ4n) is 3.26. The van der Waals surface area contributed by atoms with E-state index in [-0.39, 0.29) is 5.91 Å². The summed E-state index contributed by atoms with van der Waals surface area (Å²) < 4.78 is 12.6. The molecule has 7 nitrogen and oxygen atoms in total. The van der Waals surface area contributed by atoms with Crippen LogP contribution in [0.4, 0.5) is 0 Å². The van der Waals surface area contributed by atoms with Gasteiger partial charge >= 0.3 is 0 Å². The summed E-state index contributed by atoms with van der Waals surface area (Å²) in [4.78, 5) is 13.3. The molecule has 0 spiro atoms. The van der Waals surface area contributed by atoms with Crippen molar-refractivity contribution >= 4 is 29.3 Å². The van der Waals surface area contributed by atoms with Crippen molar-refractivity contribution in [2.45, 2.75) is 17.6 Å². The van der Waals surface area contributed by atoms with Crippen LogP contribution >= 0.6 is 23.4 Å². The third-order valence-corrected chi connectivity index (χ3v) is 6.17. The third kappa shape index (κ3) is 5.63. The van der Waals surface area contributed by atoms with Gasteiger partial charge in [0.1, 0.15) is 0 Å². The molecule has 1 aromatic heterocycles. The summed E-state index contributed by atoms with van der Waals surface area (Å²) in [5.41, 5.74) is 1.43. The number of aromatic nitrogens is 3. The number of halogens is 1. The van der Waals surface area contributed by atoms with Gasteiger partial charge in [0.15, 0.2) is 22.5 Å². The number of carbonyl (C=O) groups is 1. The van der Waals surface area contributed by atoms with Crippen LogP contribution in [-0.2, 0) is 13.5 Å². The van der Waals surface area contributed by atoms with Gasteiger partial charge in [-0.15, -0.1) is 10.2 Å². The Morgan fingerprint density at radius 2 is 1.91 bits per heavy atom. The highest BCUT2D eigenvalue weighted by atomic mass is 35.5. The second-order valence-corrected chi connectivity index (χ2v) is 8.44. The molecule has 0 fully saturated rings. The van der Waals surface area contributed by atoms with Crippen LogP contribution in [0.15, 0.2) is 65.3 Å². The van der Waals surface area contributed by atoms with E-state index in [1.165, 1.54) is 26.0 Å². The van der Waals surface area contributed by atoms with E-state index in [1.54, 1.807) is 18.2 Å². The molecule has 1 heterocycles. The van der Waals surface area contributed by atoms with Gasteiger partial charge in [0, 0.05) is 17.8 Å². The van der Waals surface area contributed by atoms with Gasteiger partial charge in [-0.2, -0.15) is 0 Å². The predicted octanol–water partition coefficient (Wildman–Crippen LogP) is 4.39. The maximum absolute atomic E-state index is 13.3. The molecule has 1 N–H and O–H groups in total. The van der Waals surface area contributed by atoms with Crippen LogP contribution in [0.5, 0.6) is 11.5 Å². The molecule has 0 unspecified atom stereocenters. The summed E-state index contributed by atoms with van der Waals surface area (Å²) in [6.07, 6.45) is 0.539. The lowest BCUT2D eigenvalue weighted by atomic mass is 10.0. The monoisotopic (exact) mass is 472 g/mol. The van der Waals surface area contributed by atoms with E-state index in [9.17, 15) is 4.79 Å². The van der Waals surface area contributed by atoms with Crippen molar-refractivity contribution < 1.29 is 14.3 Å². The minimum absolute atomic E-state index is 0.298. The van der Waals surface area contributed by atoms with Crippen molar-refractivity contribution in [3.8, 4) is 11.5 Å². The van der Waals surface area contributed by atoms with Gasteiger partial charge in [-0.05, 0) is 24.1 Å². The van der Waals surface area contributed by atoms with E-state index in [2.05, 4.69) is 22.1 Å². The normalized spacial score (nSPS) is 11.6. The van der Waals surface area contributed by atoms with Gasteiger partial charge in [-0.25, -0.2) is 0 Å². The highest BCUT2D eigenvalue weighted by Crippen LogP contribution is 2.31. The highest BCUT2D eigenvalue weighted by Gasteiger charge is 2.25. The van der Waals surface area contributed by atoms with E-state index in [0.717, 1.165) is 5.56 Å². The minimum atomic E-state index is -0.424. The van der Waals surface area contributed by atoms with Crippen molar-refractivity contribution in [2.24, 2.45) is 7.05 Å². The number of carbonyl (C=O) groups excluding carboxylic acids is 1. The molecule has 168 valence electrons. The standard InChI is InChI=1S/C23H25ClN4O3S/c1-15(24)14-32-23-27-26-21(28(23)2)18(13-16-9-6-5-7-10-16)25-22(29)17-11-8-12-19(30-3)20(17)31-4/h5-12,18H,1,13-14H2,2-4H3,(H,25,29)/t18-/m0/s1. The molecule has 0 saturated carbocycles. The third-order valence-electron chi connectivity index (χ3n) is 4.77. The molecular formula is C23H25ClN4O3S. The number of methoxy groups -OCH3 is 2. The van der Waals surface area contributed by atoms with Gasteiger partial charge in [-0.3, -0.25) is 4.79 Å². The summed E-state index contributed by atoms with van der Waals surface area (Å²) in [5, 5.41) is 12.9. The summed E-state index contributed by atoms with van der Waals surface area (Å²) in [7, 11) is 4.91. The first-order chi connectivity index (χ1) is 15.4. The lowest BCUT2D eigenvalue weighted by Gasteiger charge is -2.20. The molecule has 1 atom stereocenters. The van der Waals surface area contributed by atoms with E-state index in [0.29, 0.717) is 45.2 Å². The first-order valence-electron chi connectivity index (χ1n) is 9.85. The molecule has 32 heavy (non-hydrogen) atoms. The number of thioether (sulfide) groups is 1. The molecule has 1 amide bonds. The topological polar surface area (TPSA) is 78.3 Å². The quantitative estimate of drug-likeness (QED) is 0.441. The largest absolute Gasteiger partial charge is 0.493 e. The summed E-state index contributed by atoms with van der Waals surface area (Å²) >= 11 is 7.33. The van der Waals surface area contributed by atoms with Crippen molar-refractivity contribution in [1.82, 2.24) is 20.1 Å². The molecule has 3 rings (SSSR count). The average molecular weight is 473 g/mol. The number of benzene rings is 2. The Balaban J connectivity index is 1.93. The molecule has 0 radical (unpaired) electrons. The number of nitrogens with zero attached hydrogens (tertiary/aromatic N) is 3. The van der Waals surface area contributed by atoms with Gasteiger partial charge in [-0.1, -0.05) is 66.3 Å². The highest BCUT2D eigenvalue weighted by molar-refractivity contribution is 7.99. The van der Waals surface area contributed by atoms with Crippen molar-refractivity contribution in [3.63, 3.8) is 0 Å². The second kappa shape index (κ2) is 11.1. The average Bonchev–Trinajstić information content (AvgIpc) is 3.17. The van der Waals surface area contributed by atoms with Gasteiger partial charge in [0.05, 0.1) is 25.8 Å². The van der Waals surface area contributed by atoms with Crippen LogP contribution < -0.4 is 14.8 Å². The lowest BCUT2D eigenvalue weighted by molar-refractivity contribution is 0.0930. The Bertz CT molecular complexity index is 1090. The zero-order valence-electron chi connectivity index (χ0n) is 18.2. The maximum Gasteiger partial charge on any atom is 0.255 e. The van der Waals surface area contributed by atoms with Gasteiger partial charge in [0.25, 0.3) is 5.91 Å². The van der Waals surface area contributed by atoms with Crippen LogP contribution in [0.25, 0.3) is 0 Å². The molecular weight excluding hydrogens is 448 g/mol. The van der Waals surface area contributed by atoms with Gasteiger partial charge < -0.3 is 19.4 Å². The van der Waals surface area contributed by atoms with Crippen LogP contribution in [-0.4, -0.2) is 40.6 Å². The number of ether oxygens (including phenoxy) is 2. The smallest absolute Gasteiger partial charge is 0.255 e. The molecule has 3 aromatic rings. The first kappa shape index (κ1) is 23.7. The number of para-hydroxylation sites is 1. The van der Waals surface area contributed by atoms with E-state index in [4.69, 9.17) is 21.1 Å². The Morgan fingerprint density at radius 3 is 2.56 bits per heavy atom. The minimum Gasteiger partial charge on any atom is -0.493 e. The zero-order valence-corrected chi connectivity index (χ0v) is 19.7. The molecule has 0 saturated heterocycles. The Kier molecular flexibility index (Phi) is 8.19. The van der Waals surface area contributed by atoms with Gasteiger partial charge in [0.2, 0.25) is 0 Å². The Hall–Kier alpha value is -2.97. The second-order valence-electron chi connectivity index (χ2n) is 6.96. The summed E-state index contributed by atoms with van der Waals surface area (Å²) in [6.45, 7) is 3.71. The first-order valence-corrected chi connectivity index (χ1v) is 11.2. The number of amides is 1. The van der Waals surface area contributed by atoms with E-state index in [1.807, 2.05) is 41.9 Å². The molecule has 0 aliphatic rings. The fourth-order valence-corrected chi connectivity index (χ4v) is 4.09. The molecule has 0 bridgehead atoms. The SMILES string of the molecule is C=C(Cl)CSc1nnc([C@H](Cc2ccccc2)NC(=O)c2cccc(OC)c2OC)n1C. The predicted molar refractivity (Wildman–Crippen MR) is 127 cm³/mol. The summed E-state index contributed by atoms with van der Waals surface area (Å²) in [6, 6.07) is 14.7. The van der Waals surface area contributed by atoms with Crippen molar-refractivity contribution in [3.05, 3.63) is 77.1 Å².